The van der Waals surface area contributed by atoms with Crippen molar-refractivity contribution in [1.82, 2.24) is 5.32 Å². The highest BCUT2D eigenvalue weighted by Gasteiger charge is 2.11. The van der Waals surface area contributed by atoms with Crippen LogP contribution in [0.3, 0.4) is 0 Å². The molecule has 0 radical (unpaired) electrons. The molecule has 0 saturated heterocycles. The molecule has 25 heavy (non-hydrogen) atoms. The molecule has 0 spiro atoms. The van der Waals surface area contributed by atoms with Gasteiger partial charge in [0.2, 0.25) is 0 Å². The van der Waals surface area contributed by atoms with Gasteiger partial charge in [-0.1, -0.05) is 19.9 Å². The first-order chi connectivity index (χ1) is 12.0. The molecular formula is C19H25N3O3. The van der Waals surface area contributed by atoms with E-state index in [0.717, 1.165) is 12.8 Å². The van der Waals surface area contributed by atoms with Gasteiger partial charge < -0.3 is 25.8 Å². The van der Waals surface area contributed by atoms with Crippen molar-refractivity contribution in [3.8, 4) is 17.2 Å². The topological polar surface area (TPSA) is 85.6 Å². The summed E-state index contributed by atoms with van der Waals surface area (Å²) in [6.07, 6.45) is 1.78. The first kappa shape index (κ1) is 18.4. The third-order valence-electron chi connectivity index (χ3n) is 3.83. The lowest BCUT2D eigenvalue weighted by molar-refractivity contribution is 0.247. The van der Waals surface area contributed by atoms with Gasteiger partial charge in [0.15, 0.2) is 11.5 Å². The maximum absolute atomic E-state index is 12.0. The normalized spacial score (nSPS) is 10.4. The van der Waals surface area contributed by atoms with Crippen molar-refractivity contribution >= 4 is 17.4 Å². The number of methoxy groups -OCH3 is 1. The second-order valence-electron chi connectivity index (χ2n) is 5.65. The Kier molecular flexibility index (Phi) is 6.51. The van der Waals surface area contributed by atoms with Crippen LogP contribution in [-0.2, 0) is 0 Å². The second-order valence-corrected chi connectivity index (χ2v) is 5.65. The number of benzene rings is 2. The highest BCUT2D eigenvalue weighted by atomic mass is 16.5. The Hall–Kier alpha value is -2.89. The monoisotopic (exact) mass is 343 g/mol. The van der Waals surface area contributed by atoms with E-state index >= 15 is 0 Å². The van der Waals surface area contributed by atoms with Gasteiger partial charge in [0.05, 0.1) is 7.11 Å². The Labute approximate surface area is 148 Å². The van der Waals surface area contributed by atoms with E-state index in [-0.39, 0.29) is 12.1 Å². The fourth-order valence-corrected chi connectivity index (χ4v) is 2.38. The van der Waals surface area contributed by atoms with Crippen molar-refractivity contribution in [3.05, 3.63) is 42.5 Å². The Morgan fingerprint density at radius 1 is 1.12 bits per heavy atom. The van der Waals surface area contributed by atoms with E-state index < -0.39 is 0 Å². The molecule has 134 valence electrons. The van der Waals surface area contributed by atoms with Crippen LogP contribution in [0.15, 0.2) is 42.5 Å². The lowest BCUT2D eigenvalue weighted by Gasteiger charge is -2.16. The number of amides is 2. The Balaban J connectivity index is 2.09. The predicted molar refractivity (Wildman–Crippen MR) is 100 cm³/mol. The first-order valence-electron chi connectivity index (χ1n) is 8.34. The zero-order chi connectivity index (χ0) is 18.2. The number of urea groups is 1. The number of carbonyl (C=O) groups is 1. The summed E-state index contributed by atoms with van der Waals surface area (Å²) in [5.41, 5.74) is 7.00. The van der Waals surface area contributed by atoms with Crippen LogP contribution in [0.4, 0.5) is 16.2 Å². The summed E-state index contributed by atoms with van der Waals surface area (Å²) in [4.78, 5) is 12.0. The smallest absolute Gasteiger partial charge is 0.319 e. The molecule has 0 bridgehead atoms. The largest absolute Gasteiger partial charge is 0.493 e. The molecule has 0 heterocycles. The number of nitrogens with two attached hydrogens (primary N) is 1. The molecule has 0 fully saturated rings. The van der Waals surface area contributed by atoms with Gasteiger partial charge in [-0.2, -0.15) is 0 Å². The van der Waals surface area contributed by atoms with Crippen LogP contribution < -0.4 is 25.8 Å². The van der Waals surface area contributed by atoms with Crippen molar-refractivity contribution < 1.29 is 14.3 Å². The summed E-state index contributed by atoms with van der Waals surface area (Å²) in [5, 5.41) is 5.74. The fraction of sp³-hybridized carbons (Fsp3) is 0.316. The molecule has 6 nitrogen and oxygen atoms in total. The highest BCUT2D eigenvalue weighted by molar-refractivity contribution is 5.89. The van der Waals surface area contributed by atoms with Crippen LogP contribution in [0.5, 0.6) is 17.2 Å². The Morgan fingerprint density at radius 3 is 2.52 bits per heavy atom. The molecule has 2 aromatic rings. The Bertz CT molecular complexity index is 715. The van der Waals surface area contributed by atoms with E-state index in [0.29, 0.717) is 28.6 Å². The van der Waals surface area contributed by atoms with Crippen LogP contribution in [0.25, 0.3) is 0 Å². The Morgan fingerprint density at radius 2 is 1.88 bits per heavy atom. The maximum Gasteiger partial charge on any atom is 0.319 e. The number of carbonyl (C=O) groups excluding carboxylic acids is 1. The summed E-state index contributed by atoms with van der Waals surface area (Å²) in [7, 11) is 1.55. The standard InChI is InChI=1S/C19H25N3O3/c1-4-14(5-2)21-19(23)22-15-9-10-17(18(12-15)24-3)25-16-8-6-7-13(20)11-16/h6-12,14H,4-5,20H2,1-3H3,(H2,21,22,23). The highest BCUT2D eigenvalue weighted by Crippen LogP contribution is 2.34. The first-order valence-corrected chi connectivity index (χ1v) is 8.34. The van der Waals surface area contributed by atoms with Gasteiger partial charge >= 0.3 is 6.03 Å². The number of hydrogen-bond acceptors (Lipinski definition) is 4. The number of nitrogens with one attached hydrogen (secondary N) is 2. The molecule has 0 atom stereocenters. The van der Waals surface area contributed by atoms with Gasteiger partial charge in [-0.05, 0) is 37.1 Å². The van der Waals surface area contributed by atoms with E-state index in [1.807, 2.05) is 26.0 Å². The molecule has 2 aromatic carbocycles. The third-order valence-corrected chi connectivity index (χ3v) is 3.83. The number of ether oxygens (including phenoxy) is 2. The molecule has 0 saturated carbocycles. The van der Waals surface area contributed by atoms with E-state index in [1.165, 1.54) is 0 Å². The maximum atomic E-state index is 12.0. The average molecular weight is 343 g/mol. The van der Waals surface area contributed by atoms with E-state index in [4.69, 9.17) is 15.2 Å². The molecule has 0 aliphatic carbocycles. The van der Waals surface area contributed by atoms with Gasteiger partial charge in [-0.15, -0.1) is 0 Å². The fourth-order valence-electron chi connectivity index (χ4n) is 2.38. The predicted octanol–water partition coefficient (Wildman–Crippen LogP) is 4.38. The lowest BCUT2D eigenvalue weighted by atomic mass is 10.2. The van der Waals surface area contributed by atoms with Crippen molar-refractivity contribution in [2.45, 2.75) is 32.7 Å². The SMILES string of the molecule is CCC(CC)NC(=O)Nc1ccc(Oc2cccc(N)c2)c(OC)c1. The van der Waals surface area contributed by atoms with Crippen LogP contribution in [0.2, 0.25) is 0 Å². The van der Waals surface area contributed by atoms with Crippen LogP contribution in [0.1, 0.15) is 26.7 Å². The van der Waals surface area contributed by atoms with Gasteiger partial charge in [0.1, 0.15) is 5.75 Å². The molecule has 6 heteroatoms. The van der Waals surface area contributed by atoms with Crippen LogP contribution >= 0.6 is 0 Å². The van der Waals surface area contributed by atoms with E-state index in [9.17, 15) is 4.79 Å². The summed E-state index contributed by atoms with van der Waals surface area (Å²) in [5.74, 6) is 1.67. The molecular weight excluding hydrogens is 318 g/mol. The average Bonchev–Trinajstić information content (AvgIpc) is 2.61. The minimum absolute atomic E-state index is 0.160. The molecule has 0 unspecified atom stereocenters. The zero-order valence-corrected chi connectivity index (χ0v) is 14.8. The minimum atomic E-state index is -0.236. The van der Waals surface area contributed by atoms with Crippen molar-refractivity contribution in [2.24, 2.45) is 0 Å². The van der Waals surface area contributed by atoms with E-state index in [2.05, 4.69) is 10.6 Å². The number of nitrogen functional groups attached to an aromatic ring is 1. The molecule has 2 amide bonds. The van der Waals surface area contributed by atoms with Crippen LogP contribution in [0, 0.1) is 0 Å². The third kappa shape index (κ3) is 5.31. The molecule has 0 aliphatic rings. The summed E-state index contributed by atoms with van der Waals surface area (Å²) < 4.78 is 11.2. The summed E-state index contributed by atoms with van der Waals surface area (Å²) >= 11 is 0. The minimum Gasteiger partial charge on any atom is -0.493 e. The van der Waals surface area contributed by atoms with Gasteiger partial charge in [0.25, 0.3) is 0 Å². The number of hydrogen-bond donors (Lipinski definition) is 3. The number of anilines is 2. The summed E-state index contributed by atoms with van der Waals surface area (Å²) in [6.45, 7) is 4.08. The molecule has 0 aromatic heterocycles. The van der Waals surface area contributed by atoms with Gasteiger partial charge in [-0.3, -0.25) is 0 Å². The van der Waals surface area contributed by atoms with Crippen LogP contribution in [-0.4, -0.2) is 19.2 Å². The van der Waals surface area contributed by atoms with Crippen molar-refractivity contribution in [2.75, 3.05) is 18.2 Å². The zero-order valence-electron chi connectivity index (χ0n) is 14.8. The van der Waals surface area contributed by atoms with Gasteiger partial charge in [-0.25, -0.2) is 4.79 Å². The van der Waals surface area contributed by atoms with E-state index in [1.54, 1.807) is 37.4 Å². The lowest BCUT2D eigenvalue weighted by Crippen LogP contribution is -2.37. The van der Waals surface area contributed by atoms with Gasteiger partial charge in [0, 0.05) is 29.5 Å². The molecule has 0 aliphatic heterocycles. The number of rotatable bonds is 7. The molecule has 4 N–H and O–H groups in total. The molecule has 2 rings (SSSR count). The summed E-state index contributed by atoms with van der Waals surface area (Å²) in [6, 6.07) is 12.3. The second kappa shape index (κ2) is 8.82. The van der Waals surface area contributed by atoms with Crippen molar-refractivity contribution in [3.63, 3.8) is 0 Å². The quantitative estimate of drug-likeness (QED) is 0.651. The van der Waals surface area contributed by atoms with Crippen molar-refractivity contribution in [1.29, 1.82) is 0 Å².